The first-order chi connectivity index (χ1) is 14.7. The molecule has 0 aliphatic carbocycles. The second-order valence-electron chi connectivity index (χ2n) is 7.24. The number of halogens is 1. The number of carbonyl (C=O) groups is 1. The maximum atomic E-state index is 13.1. The summed E-state index contributed by atoms with van der Waals surface area (Å²) in [6.45, 7) is 2.14. The average Bonchev–Trinajstić information content (AvgIpc) is 2.82. The van der Waals surface area contributed by atoms with Crippen LogP contribution in [0.4, 0.5) is 0 Å². The zero-order chi connectivity index (χ0) is 20.8. The van der Waals surface area contributed by atoms with Crippen LogP contribution in [0.25, 0.3) is 0 Å². The Morgan fingerprint density at radius 1 is 0.613 bits per heavy atom. The molecule has 0 fully saturated rings. The number of carbonyl (C=O) groups excluding carboxylic acids is 1. The van der Waals surface area contributed by atoms with E-state index in [4.69, 9.17) is 0 Å². The van der Waals surface area contributed by atoms with E-state index in [0.29, 0.717) is 5.56 Å². The van der Waals surface area contributed by atoms with Gasteiger partial charge in [-0.1, -0.05) is 72.8 Å². The fourth-order valence-corrected chi connectivity index (χ4v) is 8.54. The molecular weight excluding hydrogens is 512 g/mol. The topological polar surface area (TPSA) is 29.1 Å². The van der Waals surface area contributed by atoms with Crippen molar-refractivity contribution in [3.05, 3.63) is 127 Å². The summed E-state index contributed by atoms with van der Waals surface area (Å²) in [5.41, 5.74) is 0.677. The van der Waals surface area contributed by atoms with Crippen molar-refractivity contribution in [1.82, 2.24) is 5.32 Å². The van der Waals surface area contributed by atoms with E-state index in [2.05, 4.69) is 85.0 Å². The van der Waals surface area contributed by atoms with Crippen LogP contribution in [-0.2, 0) is 0 Å². The van der Waals surface area contributed by atoms with Crippen LogP contribution in [0.2, 0.25) is 0 Å². The Balaban J connectivity index is 0.00000272. The lowest BCUT2D eigenvalue weighted by Crippen LogP contribution is -3.00. The van der Waals surface area contributed by atoms with Gasteiger partial charge in [0.15, 0.2) is 5.78 Å². The molecule has 1 unspecified atom stereocenters. The number of rotatable bonds is 6. The molecule has 0 aliphatic rings. The molecule has 4 rings (SSSR count). The SMILES string of the molecule is CC(NC(=O)c1ccccc1)[P+](c1ccccc1)(c1ccccc1)c1ccccc1.[I-]. The highest BCUT2D eigenvalue weighted by molar-refractivity contribution is 7.96. The fraction of sp³-hybridized carbons (Fsp3) is 0.0741. The minimum Gasteiger partial charge on any atom is -1.00 e. The summed E-state index contributed by atoms with van der Waals surface area (Å²) in [6.07, 6.45) is 0. The summed E-state index contributed by atoms with van der Waals surface area (Å²) in [7, 11) is -2.15. The molecule has 1 N–H and O–H groups in total. The fourth-order valence-electron chi connectivity index (χ4n) is 4.07. The van der Waals surface area contributed by atoms with E-state index in [1.54, 1.807) is 0 Å². The molecule has 1 atom stereocenters. The second-order valence-corrected chi connectivity index (χ2v) is 11.0. The molecule has 2 nitrogen and oxygen atoms in total. The summed E-state index contributed by atoms with van der Waals surface area (Å²) < 4.78 is 0. The monoisotopic (exact) mass is 537 g/mol. The highest BCUT2D eigenvalue weighted by atomic mass is 127. The van der Waals surface area contributed by atoms with Gasteiger partial charge in [-0.3, -0.25) is 4.79 Å². The van der Waals surface area contributed by atoms with Crippen LogP contribution in [0.3, 0.4) is 0 Å². The summed E-state index contributed by atoms with van der Waals surface area (Å²) in [5.74, 6) is -0.132. The standard InChI is InChI=1S/C27H24NOP.HI/c1-22(28-27(29)23-14-6-2-7-15-23)30(24-16-8-3-9-17-24,25-18-10-4-11-19-25)26-20-12-5-13-21-26;/h2-22H,1H3;1H. The van der Waals surface area contributed by atoms with Crippen LogP contribution in [0.1, 0.15) is 17.3 Å². The van der Waals surface area contributed by atoms with Gasteiger partial charge in [0.1, 0.15) is 23.2 Å². The lowest BCUT2D eigenvalue weighted by Gasteiger charge is -2.33. The number of benzene rings is 4. The first-order valence-electron chi connectivity index (χ1n) is 10.1. The van der Waals surface area contributed by atoms with Crippen molar-refractivity contribution in [2.45, 2.75) is 12.7 Å². The third kappa shape index (κ3) is 4.73. The van der Waals surface area contributed by atoms with Gasteiger partial charge in [-0.2, -0.15) is 0 Å². The van der Waals surface area contributed by atoms with Crippen molar-refractivity contribution < 1.29 is 28.8 Å². The largest absolute Gasteiger partial charge is 1.00 e. The molecule has 0 saturated carbocycles. The molecule has 0 bridgehead atoms. The number of hydrogen-bond acceptors (Lipinski definition) is 1. The maximum Gasteiger partial charge on any atom is 0.254 e. The molecule has 0 aliphatic heterocycles. The van der Waals surface area contributed by atoms with Crippen molar-refractivity contribution in [2.24, 2.45) is 0 Å². The van der Waals surface area contributed by atoms with Crippen molar-refractivity contribution in [1.29, 1.82) is 0 Å². The summed E-state index contributed by atoms with van der Waals surface area (Å²) >= 11 is 0. The Kier molecular flexibility index (Phi) is 8.00. The van der Waals surface area contributed by atoms with Gasteiger partial charge >= 0.3 is 0 Å². The second kappa shape index (κ2) is 10.7. The van der Waals surface area contributed by atoms with Gasteiger partial charge in [-0.15, -0.1) is 0 Å². The average molecular weight is 537 g/mol. The number of amides is 1. The zero-order valence-corrected chi connectivity index (χ0v) is 20.4. The minimum absolute atomic E-state index is 0. The van der Waals surface area contributed by atoms with Crippen LogP contribution in [0, 0.1) is 0 Å². The van der Waals surface area contributed by atoms with Crippen LogP contribution < -0.4 is 45.2 Å². The summed E-state index contributed by atoms with van der Waals surface area (Å²) in [4.78, 5) is 13.1. The molecule has 4 aromatic rings. The molecule has 31 heavy (non-hydrogen) atoms. The van der Waals surface area contributed by atoms with Crippen LogP contribution in [0.5, 0.6) is 0 Å². The molecule has 1 amide bonds. The smallest absolute Gasteiger partial charge is 0.254 e. The van der Waals surface area contributed by atoms with E-state index in [1.807, 2.05) is 48.5 Å². The van der Waals surface area contributed by atoms with Gasteiger partial charge in [0, 0.05) is 5.56 Å². The number of hydrogen-bond donors (Lipinski definition) is 1. The molecule has 4 heteroatoms. The van der Waals surface area contributed by atoms with Crippen molar-refractivity contribution in [2.75, 3.05) is 0 Å². The van der Waals surface area contributed by atoms with Crippen molar-refractivity contribution >= 4 is 29.1 Å². The third-order valence-electron chi connectivity index (χ3n) is 5.45. The van der Waals surface area contributed by atoms with Gasteiger partial charge in [0.05, 0.1) is 0 Å². The number of nitrogens with one attached hydrogen (secondary N) is 1. The van der Waals surface area contributed by atoms with E-state index in [0.717, 1.165) is 0 Å². The van der Waals surface area contributed by atoms with E-state index in [1.165, 1.54) is 15.9 Å². The van der Waals surface area contributed by atoms with Crippen molar-refractivity contribution in [3.8, 4) is 0 Å². The van der Waals surface area contributed by atoms with E-state index in [9.17, 15) is 4.79 Å². The lowest BCUT2D eigenvalue weighted by molar-refractivity contribution is -0.0000144. The predicted molar refractivity (Wildman–Crippen MR) is 129 cm³/mol. The Hall–Kier alpha value is -2.49. The third-order valence-corrected chi connectivity index (χ3v) is 10.1. The van der Waals surface area contributed by atoms with E-state index < -0.39 is 7.26 Å². The Labute approximate surface area is 202 Å². The molecule has 0 saturated heterocycles. The van der Waals surface area contributed by atoms with Crippen LogP contribution >= 0.6 is 7.26 Å². The summed E-state index contributed by atoms with van der Waals surface area (Å²) in [5, 5.41) is 7.10. The van der Waals surface area contributed by atoms with Crippen molar-refractivity contribution in [3.63, 3.8) is 0 Å². The highest BCUT2D eigenvalue weighted by Crippen LogP contribution is 2.58. The molecule has 0 aromatic heterocycles. The Morgan fingerprint density at radius 2 is 0.935 bits per heavy atom. The molecular formula is C27H25INOP. The lowest BCUT2D eigenvalue weighted by atomic mass is 10.2. The summed E-state index contributed by atoms with van der Waals surface area (Å²) in [6, 6.07) is 41.2. The van der Waals surface area contributed by atoms with Crippen LogP contribution in [-0.4, -0.2) is 11.7 Å². The van der Waals surface area contributed by atoms with Gasteiger partial charge in [-0.25, -0.2) is 0 Å². The zero-order valence-electron chi connectivity index (χ0n) is 17.4. The first kappa shape index (κ1) is 23.2. The van der Waals surface area contributed by atoms with Gasteiger partial charge in [0.2, 0.25) is 0 Å². The molecule has 0 radical (unpaired) electrons. The molecule has 0 heterocycles. The van der Waals surface area contributed by atoms with Crippen LogP contribution in [0.15, 0.2) is 121 Å². The predicted octanol–water partition coefficient (Wildman–Crippen LogP) is 1.76. The van der Waals surface area contributed by atoms with Gasteiger partial charge in [0.25, 0.3) is 5.91 Å². The van der Waals surface area contributed by atoms with Gasteiger partial charge in [-0.05, 0) is 55.5 Å². The van der Waals surface area contributed by atoms with E-state index >= 15 is 0 Å². The normalized spacial score (nSPS) is 11.8. The van der Waals surface area contributed by atoms with Gasteiger partial charge < -0.3 is 29.3 Å². The Bertz CT molecular complexity index is 992. The quantitative estimate of drug-likeness (QED) is 0.295. The maximum absolute atomic E-state index is 13.1. The molecule has 156 valence electrons. The molecule has 0 spiro atoms. The Morgan fingerprint density at radius 3 is 1.29 bits per heavy atom. The minimum atomic E-state index is -2.15. The first-order valence-corrected chi connectivity index (χ1v) is 12.0. The van der Waals surface area contributed by atoms with E-state index in [-0.39, 0.29) is 35.7 Å². The highest BCUT2D eigenvalue weighted by Gasteiger charge is 2.51. The molecule has 4 aromatic carbocycles.